The van der Waals surface area contributed by atoms with Gasteiger partial charge in [-0.2, -0.15) is 0 Å². The molecule has 0 aliphatic rings. The van der Waals surface area contributed by atoms with Gasteiger partial charge in [0.1, 0.15) is 0 Å². The molecule has 0 atom stereocenters. The molecular formula is C15H19NOS. The first-order valence-corrected chi connectivity index (χ1v) is 7.03. The predicted octanol–water partition coefficient (Wildman–Crippen LogP) is 4.07. The summed E-state index contributed by atoms with van der Waals surface area (Å²) >= 11 is 1.88. The highest BCUT2D eigenvalue weighted by atomic mass is 32.1. The van der Waals surface area contributed by atoms with Gasteiger partial charge in [0.2, 0.25) is 0 Å². The second kappa shape index (κ2) is 6.57. The van der Waals surface area contributed by atoms with Crippen molar-refractivity contribution in [3.63, 3.8) is 0 Å². The van der Waals surface area contributed by atoms with Gasteiger partial charge in [-0.25, -0.2) is 0 Å². The molecular weight excluding hydrogens is 242 g/mol. The van der Waals surface area contributed by atoms with Crippen molar-refractivity contribution in [2.24, 2.45) is 0 Å². The van der Waals surface area contributed by atoms with Crippen molar-refractivity contribution in [3.8, 4) is 0 Å². The van der Waals surface area contributed by atoms with E-state index in [0.717, 1.165) is 18.7 Å². The zero-order valence-corrected chi connectivity index (χ0v) is 11.7. The van der Waals surface area contributed by atoms with Gasteiger partial charge < -0.3 is 10.1 Å². The normalized spacial score (nSPS) is 10.6. The number of benzene rings is 1. The standard InChI is InChI=1S/C15H19NOS/c1-3-14-7-8-15(18-14)10-16-13-6-4-5-12(9-13)11-17-2/h4-9,16H,3,10-11H2,1-2H3. The molecule has 0 fully saturated rings. The highest BCUT2D eigenvalue weighted by Gasteiger charge is 1.99. The Labute approximate surface area is 113 Å². The van der Waals surface area contributed by atoms with Gasteiger partial charge in [-0.1, -0.05) is 19.1 Å². The van der Waals surface area contributed by atoms with Crippen LogP contribution in [0.25, 0.3) is 0 Å². The summed E-state index contributed by atoms with van der Waals surface area (Å²) in [5.74, 6) is 0. The maximum Gasteiger partial charge on any atom is 0.0713 e. The molecule has 2 aromatic rings. The fourth-order valence-electron chi connectivity index (χ4n) is 1.83. The first kappa shape index (κ1) is 13.1. The van der Waals surface area contributed by atoms with Crippen LogP contribution in [0.2, 0.25) is 0 Å². The topological polar surface area (TPSA) is 21.3 Å². The lowest BCUT2D eigenvalue weighted by Crippen LogP contribution is -1.98. The summed E-state index contributed by atoms with van der Waals surface area (Å²) in [5, 5.41) is 3.45. The summed E-state index contributed by atoms with van der Waals surface area (Å²) in [6.45, 7) is 3.74. The van der Waals surface area contributed by atoms with Crippen molar-refractivity contribution in [1.82, 2.24) is 0 Å². The minimum Gasteiger partial charge on any atom is -0.380 e. The maximum atomic E-state index is 5.14. The van der Waals surface area contributed by atoms with Gasteiger partial charge in [-0.05, 0) is 36.2 Å². The summed E-state index contributed by atoms with van der Waals surface area (Å²) < 4.78 is 5.14. The lowest BCUT2D eigenvalue weighted by Gasteiger charge is -2.07. The van der Waals surface area contributed by atoms with Crippen LogP contribution in [0.15, 0.2) is 36.4 Å². The van der Waals surface area contributed by atoms with Gasteiger partial charge >= 0.3 is 0 Å². The lowest BCUT2D eigenvalue weighted by molar-refractivity contribution is 0.185. The zero-order chi connectivity index (χ0) is 12.8. The first-order valence-electron chi connectivity index (χ1n) is 6.21. The van der Waals surface area contributed by atoms with Crippen molar-refractivity contribution in [3.05, 3.63) is 51.7 Å². The molecule has 0 spiro atoms. The lowest BCUT2D eigenvalue weighted by atomic mass is 10.2. The molecule has 96 valence electrons. The third kappa shape index (κ3) is 3.59. The van der Waals surface area contributed by atoms with Crippen molar-refractivity contribution in [2.45, 2.75) is 26.5 Å². The third-order valence-electron chi connectivity index (χ3n) is 2.77. The monoisotopic (exact) mass is 261 g/mol. The molecule has 0 radical (unpaired) electrons. The Morgan fingerprint density at radius 3 is 2.72 bits per heavy atom. The van der Waals surface area contributed by atoms with Crippen LogP contribution in [0.5, 0.6) is 0 Å². The summed E-state index contributed by atoms with van der Waals surface area (Å²) in [5.41, 5.74) is 2.35. The number of thiophene rings is 1. The zero-order valence-electron chi connectivity index (χ0n) is 10.9. The van der Waals surface area contributed by atoms with Crippen LogP contribution in [0.3, 0.4) is 0 Å². The van der Waals surface area contributed by atoms with E-state index in [-0.39, 0.29) is 0 Å². The van der Waals surface area contributed by atoms with Crippen molar-refractivity contribution >= 4 is 17.0 Å². The molecule has 0 saturated heterocycles. The van der Waals surface area contributed by atoms with E-state index in [9.17, 15) is 0 Å². The van der Waals surface area contributed by atoms with E-state index in [1.54, 1.807) is 7.11 Å². The largest absolute Gasteiger partial charge is 0.380 e. The number of aryl methyl sites for hydroxylation is 1. The molecule has 0 saturated carbocycles. The summed E-state index contributed by atoms with van der Waals surface area (Å²) in [4.78, 5) is 2.82. The maximum absolute atomic E-state index is 5.14. The molecule has 0 bridgehead atoms. The van der Waals surface area contributed by atoms with Crippen LogP contribution in [-0.4, -0.2) is 7.11 Å². The van der Waals surface area contributed by atoms with Gasteiger partial charge in [-0.3, -0.25) is 0 Å². The van der Waals surface area contributed by atoms with E-state index in [4.69, 9.17) is 4.74 Å². The average molecular weight is 261 g/mol. The summed E-state index contributed by atoms with van der Waals surface area (Å²) in [6, 6.07) is 12.8. The molecule has 1 aromatic heterocycles. The number of anilines is 1. The highest BCUT2D eigenvalue weighted by Crippen LogP contribution is 2.19. The Hall–Kier alpha value is -1.32. The predicted molar refractivity (Wildman–Crippen MR) is 78.2 cm³/mol. The van der Waals surface area contributed by atoms with Gasteiger partial charge in [0.15, 0.2) is 0 Å². The number of nitrogens with one attached hydrogen (secondary N) is 1. The van der Waals surface area contributed by atoms with Crippen molar-refractivity contribution in [2.75, 3.05) is 12.4 Å². The molecule has 0 aliphatic carbocycles. The quantitative estimate of drug-likeness (QED) is 0.846. The minimum absolute atomic E-state index is 0.661. The molecule has 2 rings (SSSR count). The molecule has 1 aromatic carbocycles. The SMILES string of the molecule is CCc1ccc(CNc2cccc(COC)c2)s1. The van der Waals surface area contributed by atoms with Crippen molar-refractivity contribution < 1.29 is 4.74 Å². The molecule has 2 nitrogen and oxygen atoms in total. The first-order chi connectivity index (χ1) is 8.81. The van der Waals surface area contributed by atoms with Gasteiger partial charge in [0.25, 0.3) is 0 Å². The number of methoxy groups -OCH3 is 1. The van der Waals surface area contributed by atoms with Gasteiger partial charge in [-0.15, -0.1) is 11.3 Å². The Balaban J connectivity index is 1.94. The molecule has 0 unspecified atom stereocenters. The van der Waals surface area contributed by atoms with E-state index in [1.165, 1.54) is 15.3 Å². The smallest absolute Gasteiger partial charge is 0.0713 e. The number of rotatable bonds is 6. The van der Waals surface area contributed by atoms with E-state index < -0.39 is 0 Å². The molecule has 3 heteroatoms. The fraction of sp³-hybridized carbons (Fsp3) is 0.333. The Bertz CT molecular complexity index is 493. The molecule has 0 amide bonds. The van der Waals surface area contributed by atoms with Crippen LogP contribution in [0.4, 0.5) is 5.69 Å². The third-order valence-corrected chi connectivity index (χ3v) is 4.00. The van der Waals surface area contributed by atoms with E-state index >= 15 is 0 Å². The van der Waals surface area contributed by atoms with E-state index in [2.05, 4.69) is 48.6 Å². The van der Waals surface area contributed by atoms with Crippen molar-refractivity contribution in [1.29, 1.82) is 0 Å². The number of hydrogen-bond acceptors (Lipinski definition) is 3. The van der Waals surface area contributed by atoms with Crippen LogP contribution in [0, 0.1) is 0 Å². The molecule has 18 heavy (non-hydrogen) atoms. The molecule has 1 heterocycles. The Morgan fingerprint density at radius 2 is 2.00 bits per heavy atom. The van der Waals surface area contributed by atoms with Crippen LogP contribution in [0.1, 0.15) is 22.2 Å². The summed E-state index contributed by atoms with van der Waals surface area (Å²) in [7, 11) is 1.72. The Kier molecular flexibility index (Phi) is 4.79. The second-order valence-electron chi connectivity index (χ2n) is 4.21. The minimum atomic E-state index is 0.661. The van der Waals surface area contributed by atoms with Crippen LogP contribution < -0.4 is 5.32 Å². The van der Waals surface area contributed by atoms with Crippen LogP contribution in [-0.2, 0) is 24.3 Å². The number of ether oxygens (including phenoxy) is 1. The van der Waals surface area contributed by atoms with Gasteiger partial charge in [0, 0.05) is 29.1 Å². The van der Waals surface area contributed by atoms with Crippen LogP contribution >= 0.6 is 11.3 Å². The van der Waals surface area contributed by atoms with E-state index in [1.807, 2.05) is 11.3 Å². The average Bonchev–Trinajstić information content (AvgIpc) is 2.85. The summed E-state index contributed by atoms with van der Waals surface area (Å²) in [6.07, 6.45) is 1.12. The van der Waals surface area contributed by atoms with E-state index in [0.29, 0.717) is 6.61 Å². The highest BCUT2D eigenvalue weighted by molar-refractivity contribution is 7.12. The fourth-order valence-corrected chi connectivity index (χ4v) is 2.73. The second-order valence-corrected chi connectivity index (χ2v) is 5.46. The Morgan fingerprint density at radius 1 is 1.17 bits per heavy atom. The van der Waals surface area contributed by atoms with Gasteiger partial charge in [0.05, 0.1) is 6.61 Å². The number of hydrogen-bond donors (Lipinski definition) is 1. The molecule has 0 aliphatic heterocycles. The molecule has 1 N–H and O–H groups in total.